The van der Waals surface area contributed by atoms with Crippen LogP contribution in [0, 0.1) is 23.6 Å². The highest BCUT2D eigenvalue weighted by molar-refractivity contribution is 6.81. The van der Waals surface area contributed by atoms with Crippen LogP contribution in [-0.4, -0.2) is 25.0 Å². The maximum absolute atomic E-state index is 9.36. The van der Waals surface area contributed by atoms with Gasteiger partial charge < -0.3 is 9.84 Å². The fraction of sp³-hybridized carbons (Fsp3) is 0.357. The van der Waals surface area contributed by atoms with Gasteiger partial charge in [0.15, 0.2) is 0 Å². The van der Waals surface area contributed by atoms with Crippen molar-refractivity contribution in [3.8, 4) is 24.1 Å². The lowest BCUT2D eigenvalue weighted by Gasteiger charge is -2.12. The van der Waals surface area contributed by atoms with Gasteiger partial charge in [0.1, 0.15) is 5.75 Å². The molecule has 0 heterocycles. The van der Waals surface area contributed by atoms with Gasteiger partial charge in [-0.2, -0.15) is 0 Å². The molecule has 18 heavy (non-hydrogen) atoms. The first-order chi connectivity index (χ1) is 8.62. The highest BCUT2D eigenvalue weighted by atomic mass is 16.5. The lowest BCUT2D eigenvalue weighted by molar-refractivity contribution is 0.195. The number of hydrogen-bond donors (Lipinski definition) is 1. The third-order valence-corrected chi connectivity index (χ3v) is 2.68. The van der Waals surface area contributed by atoms with Gasteiger partial charge in [0, 0.05) is 12.3 Å². The first kappa shape index (κ1) is 14.2. The van der Waals surface area contributed by atoms with Crippen LogP contribution in [0.4, 0.5) is 0 Å². The van der Waals surface area contributed by atoms with Crippen LogP contribution in [0.5, 0.6) is 5.75 Å². The molecule has 0 aliphatic carbocycles. The van der Waals surface area contributed by atoms with Gasteiger partial charge in [-0.25, -0.2) is 5.26 Å². The van der Waals surface area contributed by atoms with Crippen LogP contribution < -0.4 is 10.2 Å². The molecule has 1 unspecified atom stereocenters. The zero-order valence-electron chi connectivity index (χ0n) is 10.7. The van der Waals surface area contributed by atoms with Crippen molar-refractivity contribution < 1.29 is 9.84 Å². The van der Waals surface area contributed by atoms with E-state index in [2.05, 4.69) is 11.9 Å². The van der Waals surface area contributed by atoms with Crippen LogP contribution in [0.2, 0.25) is 6.32 Å². The summed E-state index contributed by atoms with van der Waals surface area (Å²) >= 11 is 0. The quantitative estimate of drug-likeness (QED) is 0.618. The average Bonchev–Trinajstić information content (AvgIpc) is 2.35. The number of aliphatic hydroxyl groups excluding tert-OH is 1. The van der Waals surface area contributed by atoms with E-state index in [4.69, 9.17) is 16.4 Å². The molecule has 0 fully saturated rings. The lowest BCUT2D eigenvalue weighted by Crippen LogP contribution is -2.29. The van der Waals surface area contributed by atoms with Gasteiger partial charge in [0.05, 0.1) is 13.2 Å². The standard InChI is InChI=1S/C14H16BNO2/c1-4-7-15(10-16)13-6-5-12(8-11(2)17)9-14(13)18-3/h1,5-6,9,11,17H,7-8H2,2-3H3. The van der Waals surface area contributed by atoms with Gasteiger partial charge in [0.25, 0.3) is 0 Å². The Bertz CT molecular complexity index is 486. The summed E-state index contributed by atoms with van der Waals surface area (Å²) in [5.41, 5.74) is 1.77. The summed E-state index contributed by atoms with van der Waals surface area (Å²) in [6, 6.07) is 5.59. The number of hydrogen-bond acceptors (Lipinski definition) is 3. The Hall–Kier alpha value is -1.91. The largest absolute Gasteiger partial charge is 0.497 e. The zero-order valence-corrected chi connectivity index (χ0v) is 10.7. The Balaban J connectivity index is 3.07. The summed E-state index contributed by atoms with van der Waals surface area (Å²) in [6.07, 6.45) is 5.77. The van der Waals surface area contributed by atoms with Gasteiger partial charge >= 0.3 is 6.71 Å². The lowest BCUT2D eigenvalue weighted by atomic mass is 9.44. The minimum Gasteiger partial charge on any atom is -0.497 e. The summed E-state index contributed by atoms with van der Waals surface area (Å²) in [7, 11) is 1.56. The summed E-state index contributed by atoms with van der Waals surface area (Å²) in [6.45, 7) is 1.38. The smallest absolute Gasteiger partial charge is 0.315 e. The van der Waals surface area contributed by atoms with E-state index >= 15 is 0 Å². The van der Waals surface area contributed by atoms with Crippen LogP contribution in [0.1, 0.15) is 12.5 Å². The molecule has 0 aliphatic heterocycles. The number of ether oxygens (including phenoxy) is 1. The molecule has 3 nitrogen and oxygen atoms in total. The molecule has 1 atom stereocenters. The molecular formula is C14H16BNO2. The fourth-order valence-electron chi connectivity index (χ4n) is 1.85. The highest BCUT2D eigenvalue weighted by Crippen LogP contribution is 2.14. The molecule has 1 aromatic rings. The molecule has 92 valence electrons. The molecule has 0 amide bonds. The zero-order chi connectivity index (χ0) is 13.5. The van der Waals surface area contributed by atoms with Crippen molar-refractivity contribution in [2.75, 3.05) is 7.11 Å². The molecular weight excluding hydrogens is 225 g/mol. The van der Waals surface area contributed by atoms with E-state index < -0.39 is 6.10 Å². The van der Waals surface area contributed by atoms with Crippen molar-refractivity contribution in [2.24, 2.45) is 0 Å². The molecule has 0 bridgehead atoms. The van der Waals surface area contributed by atoms with Gasteiger partial charge in [0.2, 0.25) is 0 Å². The highest BCUT2D eigenvalue weighted by Gasteiger charge is 2.20. The fourth-order valence-corrected chi connectivity index (χ4v) is 1.85. The van der Waals surface area contributed by atoms with Crippen LogP contribution in [-0.2, 0) is 6.42 Å². The predicted octanol–water partition coefficient (Wildman–Crippen LogP) is 1.02. The Kier molecular flexibility index (Phi) is 5.30. The van der Waals surface area contributed by atoms with E-state index in [9.17, 15) is 5.11 Å². The van der Waals surface area contributed by atoms with Crippen molar-refractivity contribution >= 4 is 12.2 Å². The second-order valence-electron chi connectivity index (χ2n) is 4.22. The number of methoxy groups -OCH3 is 1. The van der Waals surface area contributed by atoms with E-state index in [0.717, 1.165) is 11.0 Å². The monoisotopic (exact) mass is 241 g/mol. The number of aliphatic hydroxyl groups is 1. The number of nitrogens with zero attached hydrogens (tertiary/aromatic N) is 1. The molecule has 0 spiro atoms. The Morgan fingerprint density at radius 1 is 1.56 bits per heavy atom. The number of nitriles is 1. The summed E-state index contributed by atoms with van der Waals surface area (Å²) < 4.78 is 5.30. The van der Waals surface area contributed by atoms with Gasteiger partial charge in [-0.15, -0.1) is 12.3 Å². The molecule has 0 saturated carbocycles. The summed E-state index contributed by atoms with van der Waals surface area (Å²) in [5.74, 6) is 5.33. The van der Waals surface area contributed by atoms with Crippen molar-refractivity contribution in [3.63, 3.8) is 0 Å². The Labute approximate surface area is 108 Å². The van der Waals surface area contributed by atoms with Crippen LogP contribution in [0.3, 0.4) is 0 Å². The number of benzene rings is 1. The molecule has 0 saturated heterocycles. The van der Waals surface area contributed by atoms with E-state index in [-0.39, 0.29) is 6.71 Å². The van der Waals surface area contributed by atoms with Crippen LogP contribution in [0.15, 0.2) is 18.2 Å². The number of rotatable bonds is 5. The van der Waals surface area contributed by atoms with Crippen molar-refractivity contribution in [1.29, 1.82) is 5.26 Å². The van der Waals surface area contributed by atoms with E-state index in [1.54, 1.807) is 14.0 Å². The maximum atomic E-state index is 9.36. The first-order valence-electron chi connectivity index (χ1n) is 5.80. The molecule has 4 heteroatoms. The molecule has 0 aromatic heterocycles. The average molecular weight is 241 g/mol. The molecule has 0 radical (unpaired) electrons. The Morgan fingerprint density at radius 3 is 2.78 bits per heavy atom. The molecule has 1 N–H and O–H groups in total. The van der Waals surface area contributed by atoms with Crippen LogP contribution in [0.25, 0.3) is 0 Å². The van der Waals surface area contributed by atoms with E-state index in [1.165, 1.54) is 0 Å². The van der Waals surface area contributed by atoms with Crippen LogP contribution >= 0.6 is 0 Å². The number of terminal acetylenes is 1. The Morgan fingerprint density at radius 2 is 2.28 bits per heavy atom. The normalized spacial score (nSPS) is 11.2. The summed E-state index contributed by atoms with van der Waals surface area (Å²) in [4.78, 5) is 0. The summed E-state index contributed by atoms with van der Waals surface area (Å²) in [5, 5.41) is 18.5. The first-order valence-corrected chi connectivity index (χ1v) is 5.80. The SMILES string of the molecule is C#CCB(C#N)c1ccc(CC(C)O)cc1OC. The second kappa shape index (κ2) is 6.74. The van der Waals surface area contributed by atoms with E-state index in [0.29, 0.717) is 18.5 Å². The minimum absolute atomic E-state index is 0.356. The third kappa shape index (κ3) is 3.55. The predicted molar refractivity (Wildman–Crippen MR) is 73.0 cm³/mol. The van der Waals surface area contributed by atoms with Gasteiger partial charge in [-0.05, 0) is 30.4 Å². The second-order valence-corrected chi connectivity index (χ2v) is 4.22. The molecule has 0 aliphatic rings. The minimum atomic E-state index is -0.405. The topological polar surface area (TPSA) is 53.2 Å². The van der Waals surface area contributed by atoms with E-state index in [1.807, 2.05) is 18.2 Å². The van der Waals surface area contributed by atoms with Gasteiger partial charge in [-0.1, -0.05) is 12.1 Å². The third-order valence-electron chi connectivity index (χ3n) is 2.68. The van der Waals surface area contributed by atoms with Gasteiger partial charge in [-0.3, -0.25) is 0 Å². The van der Waals surface area contributed by atoms with Crippen molar-refractivity contribution in [2.45, 2.75) is 25.8 Å². The van der Waals surface area contributed by atoms with Crippen molar-refractivity contribution in [3.05, 3.63) is 23.8 Å². The maximum Gasteiger partial charge on any atom is 0.315 e. The van der Waals surface area contributed by atoms with Crippen molar-refractivity contribution in [1.82, 2.24) is 0 Å². The molecule has 1 aromatic carbocycles. The molecule has 1 rings (SSSR count).